The smallest absolute Gasteiger partial charge is 0.269 e. The van der Waals surface area contributed by atoms with Gasteiger partial charge < -0.3 is 5.73 Å². The maximum absolute atomic E-state index is 12.1. The molecule has 0 aliphatic carbocycles. The van der Waals surface area contributed by atoms with Crippen molar-refractivity contribution < 1.29 is 18.0 Å². The molecule has 2 N–H and O–H groups in total. The van der Waals surface area contributed by atoms with Crippen molar-refractivity contribution in [1.82, 2.24) is 4.31 Å². The number of carbonyl (C=O) groups is 2. The zero-order valence-electron chi connectivity index (χ0n) is 9.29. The van der Waals surface area contributed by atoms with Crippen molar-refractivity contribution in [3.05, 3.63) is 42.0 Å². The topological polar surface area (TPSA) is 97.5 Å². The summed E-state index contributed by atoms with van der Waals surface area (Å²) < 4.78 is 24.7. The summed E-state index contributed by atoms with van der Waals surface area (Å²) >= 11 is 0. The number of primary amides is 1. The van der Waals surface area contributed by atoms with Crippen LogP contribution in [0.2, 0.25) is 0 Å². The number of nitrogens with zero attached hydrogens (tertiary/aromatic N) is 1. The summed E-state index contributed by atoms with van der Waals surface area (Å²) in [6, 6.07) is 5.85. The van der Waals surface area contributed by atoms with Crippen LogP contribution in [0.4, 0.5) is 0 Å². The van der Waals surface area contributed by atoms with Gasteiger partial charge in [0.15, 0.2) is 0 Å². The van der Waals surface area contributed by atoms with Crippen molar-refractivity contribution in [2.24, 2.45) is 5.73 Å². The van der Waals surface area contributed by atoms with Crippen molar-refractivity contribution in [2.45, 2.75) is 4.90 Å². The van der Waals surface area contributed by atoms with E-state index in [2.05, 4.69) is 6.58 Å². The molecule has 0 fully saturated rings. The average Bonchev–Trinajstić information content (AvgIpc) is 2.51. The Morgan fingerprint density at radius 2 is 1.94 bits per heavy atom. The monoisotopic (exact) mass is 266 g/mol. The Bertz CT molecular complexity index is 663. The molecule has 2 amide bonds. The molecule has 0 saturated carbocycles. The fourth-order valence-electron chi connectivity index (χ4n) is 1.64. The zero-order chi connectivity index (χ0) is 13.5. The second-order valence-electron chi connectivity index (χ2n) is 3.78. The van der Waals surface area contributed by atoms with E-state index in [4.69, 9.17) is 5.73 Å². The highest BCUT2D eigenvalue weighted by atomic mass is 32.2. The number of nitrogens with two attached hydrogens (primary N) is 1. The third-order valence-corrected chi connectivity index (χ3v) is 4.38. The third-order valence-electron chi connectivity index (χ3n) is 2.59. The lowest BCUT2D eigenvalue weighted by Gasteiger charge is -2.14. The first-order valence-electron chi connectivity index (χ1n) is 4.99. The van der Waals surface area contributed by atoms with Crippen LogP contribution in [-0.4, -0.2) is 31.1 Å². The predicted octanol–water partition coefficient (Wildman–Crippen LogP) is -0.127. The molecule has 0 bridgehead atoms. The van der Waals surface area contributed by atoms with Crippen LogP contribution < -0.4 is 5.73 Å². The molecule has 6 nitrogen and oxygen atoms in total. The number of sulfonamides is 1. The van der Waals surface area contributed by atoms with Crippen molar-refractivity contribution in [1.29, 1.82) is 0 Å². The number of rotatable bonds is 3. The van der Waals surface area contributed by atoms with Crippen LogP contribution in [0.3, 0.4) is 0 Å². The molecule has 0 atom stereocenters. The second kappa shape index (κ2) is 3.95. The number of hydrogen-bond acceptors (Lipinski definition) is 4. The van der Waals surface area contributed by atoms with E-state index in [9.17, 15) is 18.0 Å². The normalized spacial score (nSPS) is 16.4. The molecular formula is C11H10N2O4S. The summed E-state index contributed by atoms with van der Waals surface area (Å²) in [5.41, 5.74) is 4.94. The zero-order valence-corrected chi connectivity index (χ0v) is 10.1. The van der Waals surface area contributed by atoms with E-state index in [1.54, 1.807) is 6.07 Å². The molecule has 0 aromatic heterocycles. The Morgan fingerprint density at radius 3 is 2.50 bits per heavy atom. The van der Waals surface area contributed by atoms with Crippen LogP contribution >= 0.6 is 0 Å². The lowest BCUT2D eigenvalue weighted by atomic mass is 10.2. The van der Waals surface area contributed by atoms with Crippen LogP contribution in [0.5, 0.6) is 0 Å². The van der Waals surface area contributed by atoms with Crippen LogP contribution in [0, 0.1) is 0 Å². The Hall–Kier alpha value is -2.15. The number of benzene rings is 1. The number of fused-ring (bicyclic) bond motifs is 1. The maximum Gasteiger partial charge on any atom is 0.269 e. The van der Waals surface area contributed by atoms with Crippen molar-refractivity contribution in [3.63, 3.8) is 0 Å². The molecule has 1 aliphatic heterocycles. The summed E-state index contributed by atoms with van der Waals surface area (Å²) in [6.45, 7) is 2.92. The first-order chi connectivity index (χ1) is 8.35. The Balaban J connectivity index is 2.46. The van der Waals surface area contributed by atoms with E-state index in [1.807, 2.05) is 0 Å². The van der Waals surface area contributed by atoms with Crippen LogP contribution in [-0.2, 0) is 14.8 Å². The predicted molar refractivity (Wildman–Crippen MR) is 63.0 cm³/mol. The van der Waals surface area contributed by atoms with Gasteiger partial charge in [-0.05, 0) is 12.1 Å². The summed E-state index contributed by atoms with van der Waals surface area (Å²) in [7, 11) is -3.91. The molecule has 7 heteroatoms. The average molecular weight is 266 g/mol. The quantitative estimate of drug-likeness (QED) is 0.771. The van der Waals surface area contributed by atoms with Crippen molar-refractivity contribution in [2.75, 3.05) is 6.54 Å². The molecule has 18 heavy (non-hydrogen) atoms. The molecule has 2 rings (SSSR count). The minimum atomic E-state index is -3.91. The summed E-state index contributed by atoms with van der Waals surface area (Å²) in [6.07, 6.45) is 0. The summed E-state index contributed by atoms with van der Waals surface area (Å²) in [5.74, 6) is -1.51. The molecule has 1 aromatic carbocycles. The fourth-order valence-corrected chi connectivity index (χ4v) is 3.20. The molecule has 0 saturated heterocycles. The van der Waals surface area contributed by atoms with Gasteiger partial charge in [0.1, 0.15) is 4.90 Å². The number of carbonyl (C=O) groups excluding carboxylic acids is 2. The third kappa shape index (κ3) is 1.68. The van der Waals surface area contributed by atoms with Gasteiger partial charge in [-0.2, -0.15) is 0 Å². The van der Waals surface area contributed by atoms with Gasteiger partial charge in [-0.25, -0.2) is 12.7 Å². The van der Waals surface area contributed by atoms with Gasteiger partial charge in [-0.1, -0.05) is 18.7 Å². The lowest BCUT2D eigenvalue weighted by Crippen LogP contribution is -2.34. The fraction of sp³-hybridized carbons (Fsp3) is 0.0909. The van der Waals surface area contributed by atoms with E-state index in [1.165, 1.54) is 18.2 Å². The van der Waals surface area contributed by atoms with E-state index in [-0.39, 0.29) is 16.0 Å². The number of amides is 2. The first kappa shape index (κ1) is 12.3. The van der Waals surface area contributed by atoms with Crippen molar-refractivity contribution in [3.8, 4) is 0 Å². The van der Waals surface area contributed by atoms with E-state index >= 15 is 0 Å². The largest absolute Gasteiger partial charge is 0.366 e. The van der Waals surface area contributed by atoms with Gasteiger partial charge in [-0.3, -0.25) is 9.59 Å². The van der Waals surface area contributed by atoms with E-state index in [0.717, 1.165) is 0 Å². The first-order valence-corrected chi connectivity index (χ1v) is 6.43. The highest BCUT2D eigenvalue weighted by Gasteiger charge is 2.41. The molecule has 1 aromatic rings. The van der Waals surface area contributed by atoms with Crippen LogP contribution in [0.15, 0.2) is 41.3 Å². The maximum atomic E-state index is 12.1. The van der Waals surface area contributed by atoms with Crippen LogP contribution in [0.1, 0.15) is 10.4 Å². The molecule has 94 valence electrons. The van der Waals surface area contributed by atoms with E-state index in [0.29, 0.717) is 4.31 Å². The molecule has 0 radical (unpaired) electrons. The molecule has 0 spiro atoms. The SMILES string of the molecule is C=C(CN1C(=O)c2ccccc2S1(=O)=O)C(N)=O. The van der Waals surface area contributed by atoms with Gasteiger partial charge in [0.25, 0.3) is 15.9 Å². The molecule has 1 heterocycles. The summed E-state index contributed by atoms with van der Waals surface area (Å²) in [5, 5.41) is 0. The minimum absolute atomic E-state index is 0.0627. The number of hydrogen-bond donors (Lipinski definition) is 1. The lowest BCUT2D eigenvalue weighted by molar-refractivity contribution is -0.114. The van der Waals surface area contributed by atoms with Gasteiger partial charge in [0, 0.05) is 5.57 Å². The van der Waals surface area contributed by atoms with Crippen molar-refractivity contribution >= 4 is 21.8 Å². The van der Waals surface area contributed by atoms with Gasteiger partial charge in [0.2, 0.25) is 5.91 Å². The Morgan fingerprint density at radius 1 is 1.33 bits per heavy atom. The second-order valence-corrected chi connectivity index (χ2v) is 5.61. The summed E-state index contributed by atoms with van der Waals surface area (Å²) in [4.78, 5) is 22.7. The van der Waals surface area contributed by atoms with E-state index < -0.39 is 28.4 Å². The highest BCUT2D eigenvalue weighted by molar-refractivity contribution is 7.90. The van der Waals surface area contributed by atoms with Gasteiger partial charge in [0.05, 0.1) is 12.1 Å². The van der Waals surface area contributed by atoms with Gasteiger partial charge in [-0.15, -0.1) is 0 Å². The Kier molecular flexibility index (Phi) is 2.70. The Labute approximate surface area is 104 Å². The molecule has 1 aliphatic rings. The standard InChI is InChI=1S/C11H10N2O4S/c1-7(10(12)14)6-13-11(15)8-4-2-3-5-9(8)18(13,16)17/h2-5H,1,6H2,(H2,12,14). The van der Waals surface area contributed by atoms with Gasteiger partial charge >= 0.3 is 0 Å². The van der Waals surface area contributed by atoms with Crippen LogP contribution in [0.25, 0.3) is 0 Å². The highest BCUT2D eigenvalue weighted by Crippen LogP contribution is 2.30. The molecular weight excluding hydrogens is 256 g/mol. The minimum Gasteiger partial charge on any atom is -0.366 e. The molecule has 0 unspecified atom stereocenters.